The third kappa shape index (κ3) is 16.4. The van der Waals surface area contributed by atoms with E-state index in [0.717, 1.165) is 76.4 Å². The number of carboxylic acids is 1. The maximum atomic E-state index is 13.5. The zero-order valence-corrected chi connectivity index (χ0v) is 35.0. The van der Waals surface area contributed by atoms with Gasteiger partial charge < -0.3 is 29.1 Å². The van der Waals surface area contributed by atoms with Crippen LogP contribution in [0.15, 0.2) is 24.3 Å². The van der Waals surface area contributed by atoms with Gasteiger partial charge in [-0.3, -0.25) is 4.79 Å². The molecule has 0 saturated carbocycles. The molecule has 0 aromatic heterocycles. The molecular weight excluding hydrogens is 711 g/mol. The summed E-state index contributed by atoms with van der Waals surface area (Å²) in [6.45, 7) is 16.6. The third-order valence-corrected chi connectivity index (χ3v) is 12.1. The summed E-state index contributed by atoms with van der Waals surface area (Å²) in [5, 5.41) is 10.3. The molecule has 0 aliphatic carbocycles. The largest absolute Gasteiger partial charge is 0.494 e. The molecule has 2 fully saturated rings. The second-order valence-electron chi connectivity index (χ2n) is 17.1. The molecule has 1 aromatic carbocycles. The molecule has 308 valence electrons. The quantitative estimate of drug-likeness (QED) is 0.138. The van der Waals surface area contributed by atoms with Crippen LogP contribution in [-0.4, -0.2) is 108 Å². The Kier molecular flexibility index (Phi) is 17.9. The minimum atomic E-state index is -3.79. The minimum absolute atomic E-state index is 0.0663. The van der Waals surface area contributed by atoms with Crippen molar-refractivity contribution in [1.29, 1.82) is 0 Å². The number of unbranched alkanes of at least 4 members (excludes halogenated alkanes) is 3. The number of amides is 2. The fraction of sp³-hybridized carbons (Fsp3) is 0.780. The number of ether oxygens (including phenoxy) is 3. The van der Waals surface area contributed by atoms with Gasteiger partial charge in [0, 0.05) is 32.7 Å². The summed E-state index contributed by atoms with van der Waals surface area (Å²) in [6.07, 6.45) is 9.70. The Labute approximate surface area is 325 Å². The number of benzene rings is 1. The van der Waals surface area contributed by atoms with Gasteiger partial charge in [0.25, 0.3) is 0 Å². The van der Waals surface area contributed by atoms with E-state index in [9.17, 15) is 27.9 Å². The molecule has 1 atom stereocenters. The smallest absolute Gasteiger partial charge is 0.410 e. The molecular formula is C41H69N3O9S. The molecule has 2 aliphatic heterocycles. The topological polar surface area (TPSA) is 143 Å². The lowest BCUT2D eigenvalue weighted by molar-refractivity contribution is -0.141. The predicted octanol–water partition coefficient (Wildman–Crippen LogP) is 8.13. The Bertz CT molecular complexity index is 1410. The zero-order valence-electron chi connectivity index (χ0n) is 34.1. The highest BCUT2D eigenvalue weighted by molar-refractivity contribution is 7.89. The maximum Gasteiger partial charge on any atom is 0.410 e. The number of sulfonamides is 1. The van der Waals surface area contributed by atoms with Gasteiger partial charge in [0.1, 0.15) is 23.0 Å². The summed E-state index contributed by atoms with van der Waals surface area (Å²) in [4.78, 5) is 40.9. The lowest BCUT2D eigenvalue weighted by atomic mass is 9.91. The van der Waals surface area contributed by atoms with E-state index in [2.05, 4.69) is 0 Å². The lowest BCUT2D eigenvalue weighted by Crippen LogP contribution is -2.47. The average molecular weight is 780 g/mol. The van der Waals surface area contributed by atoms with Gasteiger partial charge in [-0.2, -0.15) is 4.31 Å². The van der Waals surface area contributed by atoms with E-state index < -0.39 is 33.2 Å². The van der Waals surface area contributed by atoms with Gasteiger partial charge in [-0.1, -0.05) is 44.7 Å². The van der Waals surface area contributed by atoms with Crippen LogP contribution >= 0.6 is 0 Å². The van der Waals surface area contributed by atoms with Crippen LogP contribution in [0.25, 0.3) is 0 Å². The van der Waals surface area contributed by atoms with E-state index in [1.54, 1.807) is 9.80 Å². The van der Waals surface area contributed by atoms with Crippen LogP contribution in [0.5, 0.6) is 5.75 Å². The fourth-order valence-corrected chi connectivity index (χ4v) is 8.92. The van der Waals surface area contributed by atoms with Crippen molar-refractivity contribution in [1.82, 2.24) is 14.1 Å². The molecule has 0 unspecified atom stereocenters. The fourth-order valence-electron chi connectivity index (χ4n) is 7.08. The van der Waals surface area contributed by atoms with Crippen molar-refractivity contribution < 1.29 is 42.1 Å². The molecule has 13 heteroatoms. The predicted molar refractivity (Wildman–Crippen MR) is 211 cm³/mol. The van der Waals surface area contributed by atoms with Crippen molar-refractivity contribution in [2.24, 2.45) is 11.8 Å². The highest BCUT2D eigenvalue weighted by atomic mass is 32.2. The summed E-state index contributed by atoms with van der Waals surface area (Å²) in [7, 11) is -3.79. The molecule has 2 heterocycles. The molecule has 0 radical (unpaired) electrons. The highest BCUT2D eigenvalue weighted by Gasteiger charge is 2.35. The first-order valence-corrected chi connectivity index (χ1v) is 21.9. The number of likely N-dealkylation sites (tertiary alicyclic amines) is 2. The molecule has 2 aliphatic rings. The van der Waals surface area contributed by atoms with Crippen LogP contribution in [0.3, 0.4) is 0 Å². The number of carbonyl (C=O) groups excluding carboxylic acids is 2. The van der Waals surface area contributed by atoms with Crippen LogP contribution in [0.1, 0.15) is 131 Å². The van der Waals surface area contributed by atoms with Gasteiger partial charge in [-0.15, -0.1) is 0 Å². The van der Waals surface area contributed by atoms with Crippen LogP contribution in [-0.2, 0) is 30.7 Å². The number of nitrogens with zero attached hydrogens (tertiary/aromatic N) is 3. The minimum Gasteiger partial charge on any atom is -0.494 e. The van der Waals surface area contributed by atoms with Crippen molar-refractivity contribution in [3.63, 3.8) is 0 Å². The molecule has 0 spiro atoms. The normalized spacial score (nSPS) is 17.0. The number of piperidine rings is 2. The number of aliphatic carboxylic acids is 1. The Balaban J connectivity index is 1.45. The van der Waals surface area contributed by atoms with Gasteiger partial charge >= 0.3 is 18.2 Å². The molecule has 2 amide bonds. The average Bonchev–Trinajstić information content (AvgIpc) is 3.09. The molecule has 2 saturated heterocycles. The monoisotopic (exact) mass is 779 g/mol. The van der Waals surface area contributed by atoms with Crippen LogP contribution in [0.2, 0.25) is 0 Å². The lowest BCUT2D eigenvalue weighted by Gasteiger charge is -2.33. The Morgan fingerprint density at radius 3 is 1.70 bits per heavy atom. The molecule has 1 aromatic rings. The maximum absolute atomic E-state index is 13.5. The number of rotatable bonds is 19. The third-order valence-electron chi connectivity index (χ3n) is 10.1. The summed E-state index contributed by atoms with van der Waals surface area (Å²) in [5.41, 5.74) is -0.280. The van der Waals surface area contributed by atoms with Crippen LogP contribution in [0, 0.1) is 11.8 Å². The van der Waals surface area contributed by atoms with Gasteiger partial charge in [0.2, 0.25) is 10.0 Å². The molecule has 54 heavy (non-hydrogen) atoms. The first-order valence-electron chi connectivity index (χ1n) is 20.3. The van der Waals surface area contributed by atoms with E-state index in [0.29, 0.717) is 56.5 Å². The summed E-state index contributed by atoms with van der Waals surface area (Å²) >= 11 is 0. The Morgan fingerprint density at radius 2 is 1.26 bits per heavy atom. The molecule has 3 rings (SSSR count). The van der Waals surface area contributed by atoms with Crippen LogP contribution < -0.4 is 4.74 Å². The Hall–Kier alpha value is -3.06. The molecule has 12 nitrogen and oxygen atoms in total. The van der Waals surface area contributed by atoms with E-state index in [1.807, 2.05) is 72.7 Å². The van der Waals surface area contributed by atoms with E-state index in [1.165, 1.54) is 4.31 Å². The van der Waals surface area contributed by atoms with Crippen LogP contribution in [0.4, 0.5) is 9.59 Å². The molecule has 1 N–H and O–H groups in total. The zero-order chi connectivity index (χ0) is 39.9. The number of hydrogen-bond acceptors (Lipinski definition) is 8. The summed E-state index contributed by atoms with van der Waals surface area (Å²) in [6, 6.07) is 6.09. The van der Waals surface area contributed by atoms with Gasteiger partial charge in [-0.05, 0) is 129 Å². The highest BCUT2D eigenvalue weighted by Crippen LogP contribution is 2.27. The standard InChI is InChI=1S/C41H69N3O9S/c1-8-9-30-54(49,50)44(24-12-10-14-32-20-25-42(26-21-32)38(47)52-40(2,3)4)36(37(45)46)31-34-16-18-35(19-17-34)51-29-13-11-15-33-22-27-43(28-23-33)39(48)53-41(5,6)7/h16-19,32-33,36H,8-15,20-31H2,1-7H3,(H,45,46)/t36-/m0/s1. The first kappa shape index (κ1) is 45.3. The first-order chi connectivity index (χ1) is 25.4. The second-order valence-corrected chi connectivity index (χ2v) is 19.2. The number of hydrogen-bond donors (Lipinski definition) is 1. The number of carboxylic acid groups (broad SMARTS) is 1. The van der Waals surface area contributed by atoms with E-state index in [-0.39, 0.29) is 30.9 Å². The van der Waals surface area contributed by atoms with Crippen molar-refractivity contribution >= 4 is 28.2 Å². The van der Waals surface area contributed by atoms with E-state index >= 15 is 0 Å². The van der Waals surface area contributed by atoms with Gasteiger partial charge in [0.15, 0.2) is 0 Å². The van der Waals surface area contributed by atoms with Gasteiger partial charge in [0.05, 0.1) is 12.4 Å². The summed E-state index contributed by atoms with van der Waals surface area (Å²) < 4.78 is 45.2. The number of carbonyl (C=O) groups is 3. The van der Waals surface area contributed by atoms with Crippen molar-refractivity contribution in [2.45, 2.75) is 149 Å². The van der Waals surface area contributed by atoms with E-state index in [4.69, 9.17) is 14.2 Å². The van der Waals surface area contributed by atoms with Gasteiger partial charge in [-0.25, -0.2) is 18.0 Å². The molecule has 0 bridgehead atoms. The second kappa shape index (κ2) is 21.3. The Morgan fingerprint density at radius 1 is 0.778 bits per heavy atom. The SMILES string of the molecule is CCCCS(=O)(=O)N(CCCCC1CCN(C(=O)OC(C)(C)C)CC1)[C@@H](Cc1ccc(OCCCCC2CCN(C(=O)OC(C)(C)C)CC2)cc1)C(=O)O. The summed E-state index contributed by atoms with van der Waals surface area (Å²) in [5.74, 6) is 0.488. The van der Waals surface area contributed by atoms with Crippen molar-refractivity contribution in [3.05, 3.63) is 29.8 Å². The van der Waals surface area contributed by atoms with Crippen molar-refractivity contribution in [3.8, 4) is 5.75 Å². The van der Waals surface area contributed by atoms with Crippen molar-refractivity contribution in [2.75, 3.05) is 45.1 Å².